The summed E-state index contributed by atoms with van der Waals surface area (Å²) >= 11 is 1.10. The van der Waals surface area contributed by atoms with Gasteiger partial charge in [-0.3, -0.25) is 9.59 Å². The maximum Gasteiger partial charge on any atom is 0.308 e. The number of nitrogens with one attached hydrogen (secondary N) is 1. The summed E-state index contributed by atoms with van der Waals surface area (Å²) in [5.41, 5.74) is 0.254. The van der Waals surface area contributed by atoms with Gasteiger partial charge in [-0.15, -0.1) is 5.10 Å². The fourth-order valence-electron chi connectivity index (χ4n) is 2.11. The minimum absolute atomic E-state index is 0.254. The lowest BCUT2D eigenvalue weighted by Crippen LogP contribution is -2.45. The van der Waals surface area contributed by atoms with Crippen LogP contribution in [-0.4, -0.2) is 32.6 Å². The first kappa shape index (κ1) is 12.0. The quantitative estimate of drug-likeness (QED) is 0.837. The maximum atomic E-state index is 11.7. The number of hydrogen-bond acceptors (Lipinski definition) is 5. The molecule has 0 aliphatic heterocycles. The molecule has 2 N–H and O–H groups in total. The Balaban J connectivity index is 2.01. The van der Waals surface area contributed by atoms with E-state index in [1.165, 1.54) is 0 Å². The molecule has 1 heterocycles. The highest BCUT2D eigenvalue weighted by Crippen LogP contribution is 2.24. The van der Waals surface area contributed by atoms with Gasteiger partial charge in [0.1, 0.15) is 0 Å². The van der Waals surface area contributed by atoms with Crippen molar-refractivity contribution in [3.8, 4) is 0 Å². The van der Waals surface area contributed by atoms with Gasteiger partial charge in [0.2, 0.25) is 0 Å². The minimum atomic E-state index is -0.841. The molecule has 1 saturated carbocycles. The molecular weight excluding hydrogens is 242 g/mol. The van der Waals surface area contributed by atoms with Crippen LogP contribution in [0.5, 0.6) is 0 Å². The number of carbonyl (C=O) groups is 2. The van der Waals surface area contributed by atoms with Crippen molar-refractivity contribution in [2.45, 2.75) is 31.7 Å². The van der Waals surface area contributed by atoms with Crippen molar-refractivity contribution in [3.05, 3.63) is 11.1 Å². The minimum Gasteiger partial charge on any atom is -0.481 e. The lowest BCUT2D eigenvalue weighted by atomic mass is 9.84. The fourth-order valence-corrected chi connectivity index (χ4v) is 2.54. The van der Waals surface area contributed by atoms with Crippen molar-refractivity contribution >= 4 is 23.4 Å². The summed E-state index contributed by atoms with van der Waals surface area (Å²) < 4.78 is 3.60. The van der Waals surface area contributed by atoms with E-state index in [9.17, 15) is 9.59 Å². The van der Waals surface area contributed by atoms with Gasteiger partial charge in [-0.25, -0.2) is 0 Å². The SMILES string of the molecule is O=C(NC1CCCCC1C(=O)O)c1csnn1. The molecule has 7 heteroatoms. The topological polar surface area (TPSA) is 92.2 Å². The fraction of sp³-hybridized carbons (Fsp3) is 0.600. The second kappa shape index (κ2) is 5.22. The van der Waals surface area contributed by atoms with Gasteiger partial charge in [0.25, 0.3) is 5.91 Å². The van der Waals surface area contributed by atoms with Gasteiger partial charge in [-0.2, -0.15) is 0 Å². The molecule has 0 aromatic carbocycles. The zero-order valence-corrected chi connectivity index (χ0v) is 9.94. The van der Waals surface area contributed by atoms with Gasteiger partial charge in [-0.1, -0.05) is 17.3 Å². The highest BCUT2D eigenvalue weighted by atomic mass is 32.1. The Morgan fingerprint density at radius 3 is 2.82 bits per heavy atom. The molecule has 1 amide bonds. The summed E-state index contributed by atoms with van der Waals surface area (Å²) in [6.07, 6.45) is 3.18. The molecule has 1 aromatic heterocycles. The second-order valence-corrected chi connectivity index (χ2v) is 4.71. The Labute approximate surface area is 102 Å². The molecule has 2 atom stereocenters. The predicted octanol–water partition coefficient (Wildman–Crippen LogP) is 0.911. The summed E-state index contributed by atoms with van der Waals surface area (Å²) in [6.45, 7) is 0. The summed E-state index contributed by atoms with van der Waals surface area (Å²) in [4.78, 5) is 22.8. The average molecular weight is 255 g/mol. The van der Waals surface area contributed by atoms with E-state index in [2.05, 4.69) is 14.9 Å². The lowest BCUT2D eigenvalue weighted by Gasteiger charge is -2.28. The molecule has 1 aliphatic carbocycles. The normalized spacial score (nSPS) is 24.2. The van der Waals surface area contributed by atoms with E-state index in [0.717, 1.165) is 24.4 Å². The summed E-state index contributed by atoms with van der Waals surface area (Å²) in [6, 6.07) is -0.296. The third kappa shape index (κ3) is 2.79. The highest BCUT2D eigenvalue weighted by molar-refractivity contribution is 7.03. The van der Waals surface area contributed by atoms with Crippen molar-refractivity contribution in [2.75, 3.05) is 0 Å². The molecule has 0 spiro atoms. The first-order chi connectivity index (χ1) is 8.18. The van der Waals surface area contributed by atoms with E-state index in [-0.39, 0.29) is 17.6 Å². The summed E-state index contributed by atoms with van der Waals surface area (Å²) in [5, 5.41) is 17.0. The molecule has 2 unspecified atom stereocenters. The van der Waals surface area contributed by atoms with Gasteiger partial charge < -0.3 is 10.4 Å². The standard InChI is InChI=1S/C10H13N3O3S/c14-9(8-5-17-13-12-8)11-7-4-2-1-3-6(7)10(15)16/h5-7H,1-4H2,(H,11,14)(H,15,16). The number of aromatic nitrogens is 2. The molecule has 1 fully saturated rings. The maximum absolute atomic E-state index is 11.7. The largest absolute Gasteiger partial charge is 0.481 e. The third-order valence-corrected chi connectivity index (χ3v) is 3.50. The number of aliphatic carboxylic acids is 1. The van der Waals surface area contributed by atoms with E-state index < -0.39 is 11.9 Å². The van der Waals surface area contributed by atoms with Crippen molar-refractivity contribution in [1.29, 1.82) is 0 Å². The molecular formula is C10H13N3O3S. The molecule has 6 nitrogen and oxygen atoms in total. The first-order valence-corrected chi connectivity index (χ1v) is 6.33. The van der Waals surface area contributed by atoms with Crippen molar-refractivity contribution in [2.24, 2.45) is 5.92 Å². The van der Waals surface area contributed by atoms with Crippen LogP contribution in [-0.2, 0) is 4.79 Å². The Morgan fingerprint density at radius 1 is 1.41 bits per heavy atom. The van der Waals surface area contributed by atoms with Crippen LogP contribution in [0.4, 0.5) is 0 Å². The van der Waals surface area contributed by atoms with E-state index >= 15 is 0 Å². The highest BCUT2D eigenvalue weighted by Gasteiger charge is 2.32. The molecule has 1 aliphatic rings. The van der Waals surface area contributed by atoms with Crippen LogP contribution >= 0.6 is 11.5 Å². The van der Waals surface area contributed by atoms with Crippen molar-refractivity contribution < 1.29 is 14.7 Å². The number of carboxylic acid groups (broad SMARTS) is 1. The van der Waals surface area contributed by atoms with Gasteiger partial charge in [0.15, 0.2) is 5.69 Å². The summed E-state index contributed by atoms with van der Waals surface area (Å²) in [5.74, 6) is -1.66. The Hall–Kier alpha value is -1.50. The number of amides is 1. The molecule has 0 radical (unpaired) electrons. The van der Waals surface area contributed by atoms with Crippen LogP contribution in [0.3, 0.4) is 0 Å². The molecule has 0 saturated heterocycles. The Kier molecular flexibility index (Phi) is 3.68. The van der Waals surface area contributed by atoms with Crippen LogP contribution in [0, 0.1) is 5.92 Å². The van der Waals surface area contributed by atoms with Gasteiger partial charge >= 0.3 is 5.97 Å². The number of rotatable bonds is 3. The van der Waals surface area contributed by atoms with Crippen LogP contribution in [0.15, 0.2) is 5.38 Å². The first-order valence-electron chi connectivity index (χ1n) is 5.49. The van der Waals surface area contributed by atoms with E-state index in [0.29, 0.717) is 12.8 Å². The number of nitrogens with zero attached hydrogens (tertiary/aromatic N) is 2. The number of carbonyl (C=O) groups excluding carboxylic acids is 1. The van der Waals surface area contributed by atoms with E-state index in [4.69, 9.17) is 5.11 Å². The van der Waals surface area contributed by atoms with E-state index in [1.54, 1.807) is 5.38 Å². The molecule has 0 bridgehead atoms. The van der Waals surface area contributed by atoms with Gasteiger partial charge in [0, 0.05) is 11.4 Å². The smallest absolute Gasteiger partial charge is 0.308 e. The molecule has 17 heavy (non-hydrogen) atoms. The predicted molar refractivity (Wildman–Crippen MR) is 60.8 cm³/mol. The average Bonchev–Trinajstić information content (AvgIpc) is 2.83. The van der Waals surface area contributed by atoms with Crippen molar-refractivity contribution in [1.82, 2.24) is 14.9 Å². The van der Waals surface area contributed by atoms with Crippen LogP contribution in [0.2, 0.25) is 0 Å². The second-order valence-electron chi connectivity index (χ2n) is 4.10. The Bertz CT molecular complexity index is 407. The van der Waals surface area contributed by atoms with Gasteiger partial charge in [0.05, 0.1) is 5.92 Å². The Morgan fingerprint density at radius 2 is 2.18 bits per heavy atom. The zero-order valence-electron chi connectivity index (χ0n) is 9.13. The molecule has 92 valence electrons. The van der Waals surface area contributed by atoms with Crippen LogP contribution in [0.25, 0.3) is 0 Å². The zero-order chi connectivity index (χ0) is 12.3. The van der Waals surface area contributed by atoms with Crippen LogP contribution < -0.4 is 5.32 Å². The number of carboxylic acids is 1. The molecule has 2 rings (SSSR count). The van der Waals surface area contributed by atoms with Crippen molar-refractivity contribution in [3.63, 3.8) is 0 Å². The van der Waals surface area contributed by atoms with Gasteiger partial charge in [-0.05, 0) is 24.4 Å². The number of hydrogen-bond donors (Lipinski definition) is 2. The third-order valence-electron chi connectivity index (χ3n) is 2.99. The molecule has 1 aromatic rings. The van der Waals surface area contributed by atoms with Crippen LogP contribution in [0.1, 0.15) is 36.2 Å². The summed E-state index contributed by atoms with van der Waals surface area (Å²) in [7, 11) is 0. The monoisotopic (exact) mass is 255 g/mol. The lowest BCUT2D eigenvalue weighted by molar-refractivity contribution is -0.143. The van der Waals surface area contributed by atoms with E-state index in [1.807, 2.05) is 0 Å².